The van der Waals surface area contributed by atoms with Gasteiger partial charge in [-0.2, -0.15) is 0 Å². The van der Waals surface area contributed by atoms with Gasteiger partial charge in [-0.3, -0.25) is 4.79 Å². The molecule has 0 bridgehead atoms. The van der Waals surface area contributed by atoms with Gasteiger partial charge in [0.2, 0.25) is 5.91 Å². The molecule has 1 aliphatic carbocycles. The van der Waals surface area contributed by atoms with Crippen molar-refractivity contribution in [1.82, 2.24) is 10.3 Å². The summed E-state index contributed by atoms with van der Waals surface area (Å²) in [6.45, 7) is 2.03. The van der Waals surface area contributed by atoms with Crippen LogP contribution in [0.15, 0.2) is 5.38 Å². The lowest BCUT2D eigenvalue weighted by Crippen LogP contribution is -2.46. The van der Waals surface area contributed by atoms with Crippen molar-refractivity contribution in [3.8, 4) is 0 Å². The third kappa shape index (κ3) is 3.57. The van der Waals surface area contributed by atoms with Gasteiger partial charge < -0.3 is 11.1 Å². The predicted octanol–water partition coefficient (Wildman–Crippen LogP) is 2.14. The lowest BCUT2D eigenvalue weighted by Gasteiger charge is -2.27. The Morgan fingerprint density at radius 1 is 1.50 bits per heavy atom. The van der Waals surface area contributed by atoms with Crippen molar-refractivity contribution in [3.05, 3.63) is 16.1 Å². The quantitative estimate of drug-likeness (QED) is 0.898. The number of nitrogens with one attached hydrogen (secondary N) is 1. The second-order valence-electron chi connectivity index (χ2n) is 4.34. The molecule has 1 heterocycles. The average molecular weight is 312 g/mol. The maximum absolute atomic E-state index is 11.5. The van der Waals surface area contributed by atoms with Crippen LogP contribution in [0.25, 0.3) is 0 Å². The third-order valence-electron chi connectivity index (χ3n) is 3.05. The van der Waals surface area contributed by atoms with Crippen molar-refractivity contribution in [1.29, 1.82) is 0 Å². The van der Waals surface area contributed by atoms with E-state index in [-0.39, 0.29) is 42.8 Å². The van der Waals surface area contributed by atoms with Crippen LogP contribution >= 0.6 is 36.2 Å². The molecule has 0 atom stereocenters. The van der Waals surface area contributed by atoms with E-state index in [1.165, 1.54) is 0 Å². The number of aryl methyl sites for hydroxylation is 1. The Labute approximate surface area is 124 Å². The summed E-state index contributed by atoms with van der Waals surface area (Å²) in [7, 11) is 0. The highest BCUT2D eigenvalue weighted by atomic mass is 35.5. The van der Waals surface area contributed by atoms with E-state index in [1.54, 1.807) is 11.3 Å². The Balaban J connectivity index is 0.00000144. The van der Waals surface area contributed by atoms with Crippen LogP contribution in [0.3, 0.4) is 0 Å². The third-order valence-corrected chi connectivity index (χ3v) is 4.21. The summed E-state index contributed by atoms with van der Waals surface area (Å²) in [4.78, 5) is 16.0. The van der Waals surface area contributed by atoms with Crippen molar-refractivity contribution in [2.24, 2.45) is 5.73 Å². The van der Waals surface area contributed by atoms with Crippen molar-refractivity contribution in [2.75, 3.05) is 6.54 Å². The molecule has 0 aromatic carbocycles. The number of amides is 1. The van der Waals surface area contributed by atoms with Crippen molar-refractivity contribution in [2.45, 2.75) is 38.1 Å². The van der Waals surface area contributed by atoms with Crippen molar-refractivity contribution >= 4 is 42.1 Å². The summed E-state index contributed by atoms with van der Waals surface area (Å²) in [5, 5.41) is 6.12. The number of rotatable bonds is 3. The minimum absolute atomic E-state index is 0. The zero-order valence-corrected chi connectivity index (χ0v) is 12.7. The molecule has 7 heteroatoms. The smallest absolute Gasteiger partial charge is 0.234 e. The van der Waals surface area contributed by atoms with Gasteiger partial charge >= 0.3 is 0 Å². The number of carbonyl (C=O) groups is 1. The van der Waals surface area contributed by atoms with Crippen LogP contribution in [0.1, 0.15) is 36.4 Å². The highest BCUT2D eigenvalue weighted by Gasteiger charge is 2.39. The number of carbonyl (C=O) groups excluding carboxylic acids is 1. The molecule has 0 unspecified atom stereocenters. The molecule has 1 saturated carbocycles. The van der Waals surface area contributed by atoms with E-state index in [1.807, 2.05) is 12.3 Å². The normalized spacial score (nSPS) is 16.6. The largest absolute Gasteiger partial charge is 0.343 e. The Kier molecular flexibility index (Phi) is 7.14. The van der Waals surface area contributed by atoms with Crippen LogP contribution in [-0.2, 0) is 10.3 Å². The molecule has 1 aliphatic rings. The molecule has 1 amide bonds. The molecule has 0 radical (unpaired) electrons. The molecule has 104 valence electrons. The van der Waals surface area contributed by atoms with Gasteiger partial charge in [0.25, 0.3) is 0 Å². The molecule has 3 N–H and O–H groups in total. The highest BCUT2D eigenvalue weighted by molar-refractivity contribution is 7.09. The van der Waals surface area contributed by atoms with E-state index >= 15 is 0 Å². The average Bonchev–Trinajstić information content (AvgIpc) is 2.88. The van der Waals surface area contributed by atoms with E-state index in [0.717, 1.165) is 36.4 Å². The number of nitrogens with two attached hydrogens (primary N) is 1. The zero-order valence-electron chi connectivity index (χ0n) is 10.3. The second kappa shape index (κ2) is 7.28. The minimum atomic E-state index is -0.241. The zero-order chi connectivity index (χ0) is 11.6. The first-order valence-corrected chi connectivity index (χ1v) is 6.48. The molecule has 1 fully saturated rings. The Bertz CT molecular complexity index is 391. The van der Waals surface area contributed by atoms with E-state index in [0.29, 0.717) is 0 Å². The summed E-state index contributed by atoms with van der Waals surface area (Å²) in [6, 6.07) is 0. The van der Waals surface area contributed by atoms with Crippen LogP contribution < -0.4 is 11.1 Å². The maximum atomic E-state index is 11.5. The van der Waals surface area contributed by atoms with E-state index < -0.39 is 0 Å². The summed E-state index contributed by atoms with van der Waals surface area (Å²) in [5.74, 6) is -0.0882. The molecule has 4 nitrogen and oxygen atoms in total. The highest BCUT2D eigenvalue weighted by Crippen LogP contribution is 2.39. The molecular formula is C11H19Cl2N3OS. The van der Waals surface area contributed by atoms with Crippen LogP contribution in [0.5, 0.6) is 0 Å². The van der Waals surface area contributed by atoms with E-state index in [4.69, 9.17) is 5.73 Å². The monoisotopic (exact) mass is 311 g/mol. The molecule has 0 spiro atoms. The fourth-order valence-corrected chi connectivity index (χ4v) is 3.27. The van der Waals surface area contributed by atoms with Gasteiger partial charge in [0, 0.05) is 11.1 Å². The molecule has 18 heavy (non-hydrogen) atoms. The molecule has 2 rings (SSSR count). The fourth-order valence-electron chi connectivity index (χ4n) is 2.26. The fraction of sp³-hybridized carbons (Fsp3) is 0.636. The Hall–Kier alpha value is -0.360. The van der Waals surface area contributed by atoms with Gasteiger partial charge in [0.05, 0.1) is 12.1 Å². The maximum Gasteiger partial charge on any atom is 0.234 e. The number of nitrogens with zero attached hydrogens (tertiary/aromatic N) is 1. The van der Waals surface area contributed by atoms with Gasteiger partial charge in [-0.25, -0.2) is 4.98 Å². The summed E-state index contributed by atoms with van der Waals surface area (Å²) in [5.41, 5.74) is 6.14. The molecule has 1 aromatic heterocycles. The lowest BCUT2D eigenvalue weighted by atomic mass is 9.98. The first-order chi connectivity index (χ1) is 7.66. The van der Waals surface area contributed by atoms with Gasteiger partial charge in [-0.15, -0.1) is 36.2 Å². The number of halogens is 2. The predicted molar refractivity (Wildman–Crippen MR) is 78.7 cm³/mol. The van der Waals surface area contributed by atoms with Crippen LogP contribution in [0.4, 0.5) is 0 Å². The number of thiazole rings is 1. The topological polar surface area (TPSA) is 68.0 Å². The van der Waals surface area contributed by atoms with Gasteiger partial charge in [-0.1, -0.05) is 12.8 Å². The summed E-state index contributed by atoms with van der Waals surface area (Å²) < 4.78 is 0. The standard InChI is InChI=1S/C11H17N3OS.2ClH/c1-8-7-16-10(13-8)11(4-2-3-5-11)14-9(15)6-12;;/h7H,2-6,12H2,1H3,(H,14,15);2*1H. The first-order valence-electron chi connectivity index (χ1n) is 5.60. The SMILES string of the molecule is Cc1csc(C2(NC(=O)CN)CCCC2)n1.Cl.Cl. The van der Waals surface area contributed by atoms with E-state index in [2.05, 4.69) is 10.3 Å². The van der Waals surface area contributed by atoms with Crippen LogP contribution in [0, 0.1) is 6.92 Å². The lowest BCUT2D eigenvalue weighted by molar-refractivity contribution is -0.121. The minimum Gasteiger partial charge on any atom is -0.343 e. The van der Waals surface area contributed by atoms with Crippen molar-refractivity contribution in [3.63, 3.8) is 0 Å². The number of hydrogen-bond acceptors (Lipinski definition) is 4. The number of hydrogen-bond donors (Lipinski definition) is 2. The van der Waals surface area contributed by atoms with E-state index in [9.17, 15) is 4.79 Å². The Morgan fingerprint density at radius 2 is 2.11 bits per heavy atom. The summed E-state index contributed by atoms with van der Waals surface area (Å²) >= 11 is 1.63. The van der Waals surface area contributed by atoms with Gasteiger partial charge in [-0.05, 0) is 19.8 Å². The number of aromatic nitrogens is 1. The molecular weight excluding hydrogens is 293 g/mol. The molecule has 0 aliphatic heterocycles. The first kappa shape index (κ1) is 17.6. The van der Waals surface area contributed by atoms with Gasteiger partial charge in [0.1, 0.15) is 5.01 Å². The second-order valence-corrected chi connectivity index (χ2v) is 5.19. The Morgan fingerprint density at radius 3 is 2.56 bits per heavy atom. The molecule has 1 aromatic rings. The van der Waals surface area contributed by atoms with Crippen LogP contribution in [-0.4, -0.2) is 17.4 Å². The van der Waals surface area contributed by atoms with Crippen LogP contribution in [0.2, 0.25) is 0 Å². The molecule has 0 saturated heterocycles. The van der Waals surface area contributed by atoms with Gasteiger partial charge in [0.15, 0.2) is 0 Å². The van der Waals surface area contributed by atoms with Crippen molar-refractivity contribution < 1.29 is 4.79 Å². The summed E-state index contributed by atoms with van der Waals surface area (Å²) in [6.07, 6.45) is 4.24.